The Balaban J connectivity index is 2.20. The third-order valence-corrected chi connectivity index (χ3v) is 3.17. The Kier molecular flexibility index (Phi) is 3.42. The molecule has 1 heterocycles. The van der Waals surface area contributed by atoms with Gasteiger partial charge in [-0.25, -0.2) is 0 Å². The maximum Gasteiger partial charge on any atom is 0.223 e. The molecule has 0 N–H and O–H groups in total. The van der Waals surface area contributed by atoms with Gasteiger partial charge in [0, 0.05) is 13.0 Å². The van der Waals surface area contributed by atoms with Crippen molar-refractivity contribution in [1.82, 2.24) is 4.90 Å². The van der Waals surface area contributed by atoms with Crippen molar-refractivity contribution in [3.8, 4) is 0 Å². The number of nitrogens with zero attached hydrogens (tertiary/aromatic N) is 1. The standard InChI is InChI=1S/C6H11NOS2/c1-9-10-5-7-4-2-3-6(7)8/h2-5H2,1H3. The van der Waals surface area contributed by atoms with Gasteiger partial charge in [0.1, 0.15) is 0 Å². The predicted octanol–water partition coefficient (Wildman–Crippen LogP) is 1.58. The van der Waals surface area contributed by atoms with Gasteiger partial charge in [-0.3, -0.25) is 4.79 Å². The fraction of sp³-hybridized carbons (Fsp3) is 0.833. The quantitative estimate of drug-likeness (QED) is 0.610. The molecule has 1 aliphatic heterocycles. The van der Waals surface area contributed by atoms with Crippen molar-refractivity contribution in [1.29, 1.82) is 0 Å². The van der Waals surface area contributed by atoms with Gasteiger partial charge in [-0.1, -0.05) is 21.6 Å². The van der Waals surface area contributed by atoms with Crippen LogP contribution in [0.1, 0.15) is 12.8 Å². The Labute approximate surface area is 69.1 Å². The highest BCUT2D eigenvalue weighted by atomic mass is 33.1. The number of hydrogen-bond donors (Lipinski definition) is 0. The van der Waals surface area contributed by atoms with Gasteiger partial charge in [0.25, 0.3) is 0 Å². The molecule has 1 amide bonds. The minimum absolute atomic E-state index is 0.321. The maximum absolute atomic E-state index is 11.0. The van der Waals surface area contributed by atoms with Crippen molar-refractivity contribution in [2.24, 2.45) is 0 Å². The smallest absolute Gasteiger partial charge is 0.223 e. The Bertz CT molecular complexity index is 129. The summed E-state index contributed by atoms with van der Waals surface area (Å²) in [4.78, 5) is 12.9. The zero-order valence-electron chi connectivity index (χ0n) is 6.00. The molecule has 1 saturated heterocycles. The van der Waals surface area contributed by atoms with E-state index in [-0.39, 0.29) is 0 Å². The molecular formula is C6H11NOS2. The van der Waals surface area contributed by atoms with E-state index in [1.165, 1.54) is 0 Å². The summed E-state index contributed by atoms with van der Waals surface area (Å²) in [6, 6.07) is 0. The third-order valence-electron chi connectivity index (χ3n) is 1.50. The summed E-state index contributed by atoms with van der Waals surface area (Å²) in [6.07, 6.45) is 3.84. The lowest BCUT2D eigenvalue weighted by molar-refractivity contribution is -0.126. The summed E-state index contributed by atoms with van der Waals surface area (Å²) >= 11 is 0. The molecule has 2 nitrogen and oxygen atoms in total. The van der Waals surface area contributed by atoms with Crippen LogP contribution in [0.2, 0.25) is 0 Å². The molecule has 0 spiro atoms. The average molecular weight is 177 g/mol. The van der Waals surface area contributed by atoms with Gasteiger partial charge in [0.15, 0.2) is 0 Å². The maximum atomic E-state index is 11.0. The first-order valence-corrected chi connectivity index (χ1v) is 6.00. The van der Waals surface area contributed by atoms with Gasteiger partial charge in [-0.2, -0.15) is 0 Å². The lowest BCUT2D eigenvalue weighted by Gasteiger charge is -2.12. The van der Waals surface area contributed by atoms with E-state index in [4.69, 9.17) is 0 Å². The van der Waals surface area contributed by atoms with Crippen LogP contribution in [0.4, 0.5) is 0 Å². The number of likely N-dealkylation sites (tertiary alicyclic amines) is 1. The molecule has 0 atom stereocenters. The Morgan fingerprint density at radius 2 is 2.50 bits per heavy atom. The summed E-state index contributed by atoms with van der Waals surface area (Å²) in [7, 11) is 3.44. The molecule has 10 heavy (non-hydrogen) atoms. The monoisotopic (exact) mass is 177 g/mol. The van der Waals surface area contributed by atoms with Crippen LogP contribution in [0.25, 0.3) is 0 Å². The van der Waals surface area contributed by atoms with Crippen molar-refractivity contribution >= 4 is 27.5 Å². The molecule has 58 valence electrons. The minimum atomic E-state index is 0.321. The normalized spacial score (nSPS) is 18.5. The van der Waals surface area contributed by atoms with Crippen LogP contribution >= 0.6 is 21.6 Å². The number of amides is 1. The summed E-state index contributed by atoms with van der Waals surface area (Å²) in [5.74, 6) is 1.18. The van der Waals surface area contributed by atoms with Crippen LogP contribution < -0.4 is 0 Å². The lowest BCUT2D eigenvalue weighted by atomic mass is 10.4. The van der Waals surface area contributed by atoms with Gasteiger partial charge >= 0.3 is 0 Å². The minimum Gasteiger partial charge on any atom is -0.333 e. The van der Waals surface area contributed by atoms with Crippen molar-refractivity contribution in [2.75, 3.05) is 18.7 Å². The highest BCUT2D eigenvalue weighted by molar-refractivity contribution is 8.76. The Morgan fingerprint density at radius 3 is 3.00 bits per heavy atom. The lowest BCUT2D eigenvalue weighted by Crippen LogP contribution is -2.23. The molecule has 4 heteroatoms. The van der Waals surface area contributed by atoms with E-state index in [1.54, 1.807) is 21.6 Å². The average Bonchev–Trinajstić information content (AvgIpc) is 2.31. The van der Waals surface area contributed by atoms with E-state index in [2.05, 4.69) is 0 Å². The van der Waals surface area contributed by atoms with Gasteiger partial charge in [0.2, 0.25) is 5.91 Å². The van der Waals surface area contributed by atoms with Gasteiger partial charge in [-0.15, -0.1) is 0 Å². The molecule has 0 aromatic heterocycles. The van der Waals surface area contributed by atoms with Crippen molar-refractivity contribution in [3.63, 3.8) is 0 Å². The van der Waals surface area contributed by atoms with E-state index in [9.17, 15) is 4.79 Å². The van der Waals surface area contributed by atoms with E-state index >= 15 is 0 Å². The summed E-state index contributed by atoms with van der Waals surface area (Å²) in [5.41, 5.74) is 0. The molecule has 0 unspecified atom stereocenters. The number of carbonyl (C=O) groups excluding carboxylic acids is 1. The van der Waals surface area contributed by atoms with Gasteiger partial charge in [-0.05, 0) is 12.7 Å². The topological polar surface area (TPSA) is 20.3 Å². The van der Waals surface area contributed by atoms with E-state index < -0.39 is 0 Å². The molecular weight excluding hydrogens is 166 g/mol. The fourth-order valence-corrected chi connectivity index (χ4v) is 2.16. The second-order valence-corrected chi connectivity index (χ2v) is 4.71. The van der Waals surface area contributed by atoms with Crippen molar-refractivity contribution < 1.29 is 4.79 Å². The summed E-state index contributed by atoms with van der Waals surface area (Å²) in [5, 5.41) is 0. The number of carbonyl (C=O) groups is 1. The first-order chi connectivity index (χ1) is 4.84. The van der Waals surface area contributed by atoms with E-state index in [1.807, 2.05) is 11.2 Å². The summed E-state index contributed by atoms with van der Waals surface area (Å²) in [6.45, 7) is 0.965. The fourth-order valence-electron chi connectivity index (χ4n) is 0.957. The zero-order valence-corrected chi connectivity index (χ0v) is 7.63. The molecule has 0 aliphatic carbocycles. The first kappa shape index (κ1) is 8.27. The highest BCUT2D eigenvalue weighted by Crippen LogP contribution is 2.21. The number of rotatable bonds is 3. The van der Waals surface area contributed by atoms with Crippen LogP contribution in [-0.2, 0) is 4.79 Å². The van der Waals surface area contributed by atoms with Gasteiger partial charge < -0.3 is 4.90 Å². The van der Waals surface area contributed by atoms with Crippen molar-refractivity contribution in [3.05, 3.63) is 0 Å². The van der Waals surface area contributed by atoms with E-state index in [0.29, 0.717) is 5.91 Å². The Hall–Kier alpha value is 0.170. The summed E-state index contributed by atoms with van der Waals surface area (Å²) < 4.78 is 0. The second kappa shape index (κ2) is 4.13. The molecule has 1 aliphatic rings. The molecule has 1 rings (SSSR count). The third kappa shape index (κ3) is 2.09. The predicted molar refractivity (Wildman–Crippen MR) is 46.9 cm³/mol. The van der Waals surface area contributed by atoms with E-state index in [0.717, 1.165) is 25.3 Å². The van der Waals surface area contributed by atoms with Crippen molar-refractivity contribution in [2.45, 2.75) is 12.8 Å². The number of hydrogen-bond acceptors (Lipinski definition) is 3. The highest BCUT2D eigenvalue weighted by Gasteiger charge is 2.18. The zero-order chi connectivity index (χ0) is 7.40. The van der Waals surface area contributed by atoms with Gasteiger partial charge in [0.05, 0.1) is 5.88 Å². The van der Waals surface area contributed by atoms with Crippen LogP contribution in [0.3, 0.4) is 0 Å². The van der Waals surface area contributed by atoms with Crippen LogP contribution in [0, 0.1) is 0 Å². The molecule has 0 aromatic rings. The second-order valence-electron chi connectivity index (χ2n) is 2.17. The van der Waals surface area contributed by atoms with Crippen LogP contribution in [0.5, 0.6) is 0 Å². The van der Waals surface area contributed by atoms with Crippen LogP contribution in [-0.4, -0.2) is 29.5 Å². The van der Waals surface area contributed by atoms with Crippen LogP contribution in [0.15, 0.2) is 0 Å². The largest absolute Gasteiger partial charge is 0.333 e. The molecule has 1 fully saturated rings. The molecule has 0 saturated carbocycles. The molecule has 0 aromatic carbocycles. The molecule has 0 radical (unpaired) electrons. The molecule has 0 bridgehead atoms. The Morgan fingerprint density at radius 1 is 1.70 bits per heavy atom. The SMILES string of the molecule is CSSCN1CCCC1=O. The first-order valence-electron chi connectivity index (χ1n) is 3.28.